The zero-order valence-corrected chi connectivity index (χ0v) is 13.5. The molecule has 0 saturated carbocycles. The Labute approximate surface area is 133 Å². The van der Waals surface area contributed by atoms with Gasteiger partial charge in [-0.3, -0.25) is 15.2 Å². The summed E-state index contributed by atoms with van der Waals surface area (Å²) in [6, 6.07) is 6.09. The molecular weight excluding hydrogens is 298 g/mol. The lowest BCUT2D eigenvalue weighted by Crippen LogP contribution is -2.34. The van der Waals surface area contributed by atoms with Crippen LogP contribution in [0.1, 0.15) is 36.9 Å². The average Bonchev–Trinajstić information content (AvgIpc) is 3.16. The largest absolute Gasteiger partial charge is 0.351 e. The van der Waals surface area contributed by atoms with Crippen molar-refractivity contribution in [3.8, 4) is 0 Å². The Kier molecular flexibility index (Phi) is 4.56. The summed E-state index contributed by atoms with van der Waals surface area (Å²) in [6.07, 6.45) is 0.929. The molecule has 0 amide bonds. The third-order valence-electron chi connectivity index (χ3n) is 3.87. The zero-order valence-electron chi connectivity index (χ0n) is 12.7. The highest BCUT2D eigenvalue weighted by Crippen LogP contribution is 2.23. The first-order chi connectivity index (χ1) is 10.6. The van der Waals surface area contributed by atoms with E-state index in [1.165, 1.54) is 4.88 Å². The number of hydrogen-bond donors (Lipinski definition) is 4. The molecular formula is C15H21N5OS. The Balaban J connectivity index is 1.71. The van der Waals surface area contributed by atoms with E-state index < -0.39 is 0 Å². The maximum atomic E-state index is 11.9. The molecule has 1 fully saturated rings. The van der Waals surface area contributed by atoms with E-state index in [1.54, 1.807) is 17.4 Å². The molecule has 118 valence electrons. The van der Waals surface area contributed by atoms with Gasteiger partial charge in [0.1, 0.15) is 0 Å². The maximum Gasteiger partial charge on any atom is 0.252 e. The number of thiophene rings is 1. The fourth-order valence-electron chi connectivity index (χ4n) is 2.54. The molecule has 2 aromatic rings. The molecule has 0 aliphatic carbocycles. The van der Waals surface area contributed by atoms with Crippen molar-refractivity contribution < 1.29 is 0 Å². The quantitative estimate of drug-likeness (QED) is 0.678. The summed E-state index contributed by atoms with van der Waals surface area (Å²) in [5.41, 5.74) is 7.15. The van der Waals surface area contributed by atoms with E-state index in [4.69, 9.17) is 0 Å². The molecule has 0 aromatic carbocycles. The highest BCUT2D eigenvalue weighted by molar-refractivity contribution is 7.09. The third kappa shape index (κ3) is 3.55. The number of nitrogens with zero attached hydrogens (tertiary/aromatic N) is 1. The van der Waals surface area contributed by atoms with Crippen LogP contribution >= 0.6 is 11.3 Å². The highest BCUT2D eigenvalue weighted by Gasteiger charge is 2.28. The van der Waals surface area contributed by atoms with E-state index in [9.17, 15) is 4.79 Å². The van der Waals surface area contributed by atoms with Gasteiger partial charge in [-0.25, -0.2) is 10.4 Å². The molecule has 3 rings (SSSR count). The molecule has 1 aliphatic heterocycles. The van der Waals surface area contributed by atoms with Crippen LogP contribution in [0.15, 0.2) is 28.4 Å². The molecule has 2 aromatic heterocycles. The van der Waals surface area contributed by atoms with Crippen molar-refractivity contribution in [3.05, 3.63) is 44.5 Å². The van der Waals surface area contributed by atoms with Gasteiger partial charge in [-0.1, -0.05) is 19.9 Å². The van der Waals surface area contributed by atoms with E-state index in [-0.39, 0.29) is 11.6 Å². The van der Waals surface area contributed by atoms with Crippen molar-refractivity contribution in [2.75, 3.05) is 5.32 Å². The standard InChI is InChI=1S/C15H21N5OS/c1-9(2)11-6-13(20-19-11)12-7-14(21)18-15(17-12)16-8-10-4-3-5-22-10/h3-5,7,9,11,13,19-20H,6,8H2,1-2H3,(H2,16,17,18,21). The lowest BCUT2D eigenvalue weighted by atomic mass is 9.98. The Morgan fingerprint density at radius 2 is 2.32 bits per heavy atom. The van der Waals surface area contributed by atoms with Crippen LogP contribution in [0.4, 0.5) is 5.95 Å². The Morgan fingerprint density at radius 3 is 3.00 bits per heavy atom. The number of hydrazine groups is 1. The van der Waals surface area contributed by atoms with Gasteiger partial charge in [-0.05, 0) is 23.8 Å². The number of H-pyrrole nitrogens is 1. The summed E-state index contributed by atoms with van der Waals surface area (Å²) < 4.78 is 0. The first-order valence-electron chi connectivity index (χ1n) is 7.50. The van der Waals surface area contributed by atoms with Crippen LogP contribution in [0.2, 0.25) is 0 Å². The van der Waals surface area contributed by atoms with Crippen molar-refractivity contribution >= 4 is 17.3 Å². The smallest absolute Gasteiger partial charge is 0.252 e. The van der Waals surface area contributed by atoms with E-state index >= 15 is 0 Å². The van der Waals surface area contributed by atoms with Gasteiger partial charge >= 0.3 is 0 Å². The number of rotatable bonds is 5. The number of anilines is 1. The fourth-order valence-corrected chi connectivity index (χ4v) is 3.18. The lowest BCUT2D eigenvalue weighted by molar-refractivity contribution is 0.431. The second-order valence-corrected chi connectivity index (χ2v) is 6.91. The molecule has 6 nitrogen and oxygen atoms in total. The molecule has 22 heavy (non-hydrogen) atoms. The molecule has 0 bridgehead atoms. The summed E-state index contributed by atoms with van der Waals surface area (Å²) in [5.74, 6) is 1.06. The minimum absolute atomic E-state index is 0.0667. The highest BCUT2D eigenvalue weighted by atomic mass is 32.1. The maximum absolute atomic E-state index is 11.9. The number of aromatic nitrogens is 2. The normalized spacial score (nSPS) is 21.4. The van der Waals surface area contributed by atoms with E-state index in [1.807, 2.05) is 11.4 Å². The van der Waals surface area contributed by atoms with E-state index in [2.05, 4.69) is 46.1 Å². The summed E-state index contributed by atoms with van der Waals surface area (Å²) in [6.45, 7) is 5.02. The molecule has 2 atom stereocenters. The van der Waals surface area contributed by atoms with Crippen LogP contribution in [0.3, 0.4) is 0 Å². The Hall–Kier alpha value is -1.70. The Morgan fingerprint density at radius 1 is 1.45 bits per heavy atom. The minimum Gasteiger partial charge on any atom is -0.351 e. The van der Waals surface area contributed by atoms with Gasteiger partial charge in [-0.2, -0.15) is 0 Å². The number of aromatic amines is 1. The molecule has 3 heterocycles. The van der Waals surface area contributed by atoms with Crippen molar-refractivity contribution in [1.29, 1.82) is 0 Å². The average molecular weight is 319 g/mol. The second kappa shape index (κ2) is 6.60. The van der Waals surface area contributed by atoms with Gasteiger partial charge in [0.15, 0.2) is 0 Å². The Bertz CT molecular complexity index is 667. The molecule has 1 aliphatic rings. The first-order valence-corrected chi connectivity index (χ1v) is 8.38. The summed E-state index contributed by atoms with van der Waals surface area (Å²) in [5, 5.41) is 5.21. The molecule has 0 spiro atoms. The predicted octanol–water partition coefficient (Wildman–Crippen LogP) is 2.01. The topological polar surface area (TPSA) is 81.8 Å². The van der Waals surface area contributed by atoms with Gasteiger partial charge in [0.2, 0.25) is 5.95 Å². The van der Waals surface area contributed by atoms with Crippen LogP contribution in [0, 0.1) is 5.92 Å². The van der Waals surface area contributed by atoms with Crippen molar-refractivity contribution in [2.24, 2.45) is 5.92 Å². The van der Waals surface area contributed by atoms with Gasteiger partial charge in [0, 0.05) is 17.0 Å². The van der Waals surface area contributed by atoms with Crippen LogP contribution in [-0.2, 0) is 6.54 Å². The second-order valence-electron chi connectivity index (χ2n) is 5.88. The van der Waals surface area contributed by atoms with Gasteiger partial charge < -0.3 is 5.32 Å². The molecule has 0 radical (unpaired) electrons. The zero-order chi connectivity index (χ0) is 15.5. The number of nitrogens with one attached hydrogen (secondary N) is 4. The molecule has 7 heteroatoms. The first kappa shape index (κ1) is 15.2. The van der Waals surface area contributed by atoms with E-state index in [0.29, 0.717) is 24.5 Å². The monoisotopic (exact) mass is 319 g/mol. The van der Waals surface area contributed by atoms with Crippen LogP contribution in [0.5, 0.6) is 0 Å². The predicted molar refractivity (Wildman–Crippen MR) is 88.8 cm³/mol. The van der Waals surface area contributed by atoms with E-state index in [0.717, 1.165) is 12.1 Å². The SMILES string of the molecule is CC(C)C1CC(c2cc(=O)[nH]c(NCc3cccs3)n2)NN1. The summed E-state index contributed by atoms with van der Waals surface area (Å²) in [4.78, 5) is 20.4. The van der Waals surface area contributed by atoms with Gasteiger partial charge in [0.05, 0.1) is 18.3 Å². The van der Waals surface area contributed by atoms with Crippen molar-refractivity contribution in [3.63, 3.8) is 0 Å². The summed E-state index contributed by atoms with van der Waals surface area (Å²) >= 11 is 1.67. The van der Waals surface area contributed by atoms with Crippen molar-refractivity contribution in [1.82, 2.24) is 20.8 Å². The van der Waals surface area contributed by atoms with Crippen molar-refractivity contribution in [2.45, 2.75) is 38.9 Å². The van der Waals surface area contributed by atoms with Gasteiger partial charge in [0.25, 0.3) is 5.56 Å². The van der Waals surface area contributed by atoms with Crippen LogP contribution < -0.4 is 21.7 Å². The third-order valence-corrected chi connectivity index (χ3v) is 4.74. The van der Waals surface area contributed by atoms with Crippen LogP contribution in [0.25, 0.3) is 0 Å². The lowest BCUT2D eigenvalue weighted by Gasteiger charge is -2.13. The number of hydrogen-bond acceptors (Lipinski definition) is 6. The van der Waals surface area contributed by atoms with Crippen LogP contribution in [-0.4, -0.2) is 16.0 Å². The molecule has 2 unspecified atom stereocenters. The van der Waals surface area contributed by atoms with Gasteiger partial charge in [-0.15, -0.1) is 11.3 Å². The molecule has 1 saturated heterocycles. The minimum atomic E-state index is -0.131. The summed E-state index contributed by atoms with van der Waals surface area (Å²) in [7, 11) is 0. The molecule has 4 N–H and O–H groups in total. The fraction of sp³-hybridized carbons (Fsp3) is 0.467.